The Morgan fingerprint density at radius 1 is 1.50 bits per heavy atom. The summed E-state index contributed by atoms with van der Waals surface area (Å²) in [5.41, 5.74) is 9.24. The van der Waals surface area contributed by atoms with Crippen molar-refractivity contribution in [1.29, 1.82) is 0 Å². The largest absolute Gasteiger partial charge is 0.463 e. The Hall–Kier alpha value is -2.17. The molecule has 0 fully saturated rings. The van der Waals surface area contributed by atoms with Crippen LogP contribution in [0.25, 0.3) is 0 Å². The van der Waals surface area contributed by atoms with Crippen LogP contribution in [0.2, 0.25) is 0 Å². The molecule has 0 radical (unpaired) electrons. The summed E-state index contributed by atoms with van der Waals surface area (Å²) in [6.45, 7) is 4.51. The molecule has 1 aliphatic heterocycles. The van der Waals surface area contributed by atoms with E-state index in [1.54, 1.807) is 0 Å². The zero-order chi connectivity index (χ0) is 14.2. The molecule has 1 aromatic carbocycles. The fourth-order valence-corrected chi connectivity index (χ4v) is 2.93. The first-order chi connectivity index (χ1) is 9.62. The number of ether oxygens (including phenoxy) is 1. The summed E-state index contributed by atoms with van der Waals surface area (Å²) >= 11 is 0. The van der Waals surface area contributed by atoms with Gasteiger partial charge in [0.25, 0.3) is 6.02 Å². The molecule has 3 rings (SSSR count). The van der Waals surface area contributed by atoms with Crippen LogP contribution in [0, 0.1) is 0 Å². The third kappa shape index (κ3) is 2.19. The summed E-state index contributed by atoms with van der Waals surface area (Å²) in [5.74, 6) is 0.781. The number of hydrogen-bond acceptors (Lipinski definition) is 5. The molecule has 1 unspecified atom stereocenters. The number of hydrogen-bond donors (Lipinski definition) is 3. The highest BCUT2D eigenvalue weighted by Gasteiger charge is 2.40. The molecule has 0 bridgehead atoms. The Balaban J connectivity index is 1.93. The molecule has 5 nitrogen and oxygen atoms in total. The van der Waals surface area contributed by atoms with Gasteiger partial charge in [-0.2, -0.15) is 0 Å². The van der Waals surface area contributed by atoms with E-state index in [1.165, 1.54) is 11.1 Å². The number of aliphatic imine (C=N–C) groups is 1. The predicted molar refractivity (Wildman–Crippen MR) is 80.6 cm³/mol. The van der Waals surface area contributed by atoms with Crippen LogP contribution in [0.1, 0.15) is 17.5 Å². The zero-order valence-electron chi connectivity index (χ0n) is 11.7. The fourth-order valence-electron chi connectivity index (χ4n) is 2.93. The summed E-state index contributed by atoms with van der Waals surface area (Å²) < 4.78 is 5.38. The van der Waals surface area contributed by atoms with Gasteiger partial charge in [0.05, 0.1) is 5.82 Å². The van der Waals surface area contributed by atoms with Gasteiger partial charge in [0.1, 0.15) is 12.1 Å². The van der Waals surface area contributed by atoms with Crippen molar-refractivity contribution >= 4 is 11.7 Å². The Morgan fingerprint density at radius 2 is 2.35 bits per heavy atom. The van der Waals surface area contributed by atoms with Gasteiger partial charge in [0, 0.05) is 19.2 Å². The number of nitrogens with two attached hydrogens (primary N) is 1. The highest BCUT2D eigenvalue weighted by Crippen LogP contribution is 2.37. The summed E-state index contributed by atoms with van der Waals surface area (Å²) in [5, 5.41) is 6.32. The van der Waals surface area contributed by atoms with E-state index >= 15 is 0 Å². The Kier molecular flexibility index (Phi) is 3.04. The smallest absolute Gasteiger partial charge is 0.282 e. The second-order valence-electron chi connectivity index (χ2n) is 5.44. The molecular weight excluding hydrogens is 252 g/mol. The molecule has 1 heterocycles. The van der Waals surface area contributed by atoms with Gasteiger partial charge >= 0.3 is 0 Å². The number of nitrogens with zero attached hydrogens (tertiary/aromatic N) is 1. The lowest BCUT2D eigenvalue weighted by Crippen LogP contribution is -2.36. The molecule has 5 heteroatoms. The number of benzene rings is 1. The highest BCUT2D eigenvalue weighted by atomic mass is 16.5. The number of aryl methyl sites for hydroxylation is 1. The number of anilines is 1. The van der Waals surface area contributed by atoms with E-state index < -0.39 is 0 Å². The first-order valence-electron chi connectivity index (χ1n) is 6.84. The first kappa shape index (κ1) is 12.8. The normalized spacial score (nSPS) is 23.8. The topological polar surface area (TPSA) is 71.7 Å². The molecule has 2 aliphatic rings. The molecule has 0 aromatic heterocycles. The lowest BCUT2D eigenvalue weighted by atomic mass is 9.78. The van der Waals surface area contributed by atoms with Crippen LogP contribution in [-0.2, 0) is 17.6 Å². The summed E-state index contributed by atoms with van der Waals surface area (Å²) in [6.07, 6.45) is 2.83. The molecule has 4 N–H and O–H groups in total. The van der Waals surface area contributed by atoms with Gasteiger partial charge in [0.2, 0.25) is 0 Å². The Morgan fingerprint density at radius 3 is 3.05 bits per heavy atom. The number of nitrogens with one attached hydrogen (secondary N) is 2. The van der Waals surface area contributed by atoms with Crippen molar-refractivity contribution in [2.75, 3.05) is 19.0 Å². The van der Waals surface area contributed by atoms with Crippen LogP contribution in [-0.4, -0.2) is 25.2 Å². The van der Waals surface area contributed by atoms with E-state index in [1.807, 2.05) is 7.05 Å². The van der Waals surface area contributed by atoms with Gasteiger partial charge in [-0.05, 0) is 30.0 Å². The fraction of sp³-hybridized carbons (Fsp3) is 0.400. The second-order valence-corrected chi connectivity index (χ2v) is 5.44. The molecule has 0 saturated heterocycles. The average Bonchev–Trinajstić information content (AvgIpc) is 2.80. The molecule has 0 amide bonds. The molecule has 1 atom stereocenters. The standard InChI is InChI=1S/C15H20N4O/c1-10(17-2)18-13-5-3-4-11-6-7-15(8-12(11)13)9-20-14(16)19-15/h3-5,17-18H,1,6-9H2,2H3,(H2,16,19). The minimum Gasteiger partial charge on any atom is -0.463 e. The molecule has 1 aliphatic carbocycles. The minimum atomic E-state index is -0.185. The van der Waals surface area contributed by atoms with Crippen molar-refractivity contribution in [3.63, 3.8) is 0 Å². The van der Waals surface area contributed by atoms with E-state index in [9.17, 15) is 0 Å². The van der Waals surface area contributed by atoms with Gasteiger partial charge in [-0.25, -0.2) is 4.99 Å². The van der Waals surface area contributed by atoms with E-state index in [4.69, 9.17) is 10.5 Å². The Labute approximate surface area is 118 Å². The van der Waals surface area contributed by atoms with Crippen LogP contribution in [0.5, 0.6) is 0 Å². The third-order valence-corrected chi connectivity index (χ3v) is 4.06. The molecule has 20 heavy (non-hydrogen) atoms. The van der Waals surface area contributed by atoms with Crippen molar-refractivity contribution < 1.29 is 4.74 Å². The highest BCUT2D eigenvalue weighted by molar-refractivity contribution is 5.74. The lowest BCUT2D eigenvalue weighted by molar-refractivity contribution is 0.235. The maximum atomic E-state index is 5.69. The SMILES string of the molecule is C=C(NC)Nc1cccc2c1CC1(CC2)COC(N)=N1. The predicted octanol–water partition coefficient (Wildman–Crippen LogP) is 1.36. The molecule has 1 spiro atoms. The van der Waals surface area contributed by atoms with Gasteiger partial charge < -0.3 is 21.1 Å². The molecule has 106 valence electrons. The van der Waals surface area contributed by atoms with Crippen molar-refractivity contribution in [3.8, 4) is 0 Å². The van der Waals surface area contributed by atoms with E-state index in [0.29, 0.717) is 12.6 Å². The lowest BCUT2D eigenvalue weighted by Gasteiger charge is -2.32. The van der Waals surface area contributed by atoms with E-state index in [-0.39, 0.29) is 5.54 Å². The van der Waals surface area contributed by atoms with Crippen LogP contribution in [0.15, 0.2) is 35.6 Å². The maximum Gasteiger partial charge on any atom is 0.282 e. The Bertz CT molecular complexity index is 581. The van der Waals surface area contributed by atoms with Gasteiger partial charge in [-0.1, -0.05) is 18.7 Å². The monoisotopic (exact) mass is 272 g/mol. The number of fused-ring (bicyclic) bond motifs is 1. The quantitative estimate of drug-likeness (QED) is 0.777. The average molecular weight is 272 g/mol. The molecule has 0 saturated carbocycles. The van der Waals surface area contributed by atoms with E-state index in [2.05, 4.69) is 40.4 Å². The van der Waals surface area contributed by atoms with E-state index in [0.717, 1.165) is 30.8 Å². The first-order valence-corrected chi connectivity index (χ1v) is 6.84. The van der Waals surface area contributed by atoms with Crippen LogP contribution in [0.4, 0.5) is 5.69 Å². The number of rotatable bonds is 3. The second kappa shape index (κ2) is 4.74. The molecular formula is C15H20N4O. The summed E-state index contributed by atoms with van der Waals surface area (Å²) in [6, 6.07) is 6.64. The van der Waals surface area contributed by atoms with Crippen LogP contribution in [0.3, 0.4) is 0 Å². The van der Waals surface area contributed by atoms with Crippen LogP contribution >= 0.6 is 0 Å². The van der Waals surface area contributed by atoms with Crippen molar-refractivity contribution in [3.05, 3.63) is 41.7 Å². The molecule has 1 aromatic rings. The summed E-state index contributed by atoms with van der Waals surface area (Å²) in [7, 11) is 1.85. The van der Waals surface area contributed by atoms with Gasteiger partial charge in [-0.3, -0.25) is 0 Å². The van der Waals surface area contributed by atoms with Crippen LogP contribution < -0.4 is 16.4 Å². The van der Waals surface area contributed by atoms with Gasteiger partial charge in [0.15, 0.2) is 0 Å². The number of amidine groups is 1. The van der Waals surface area contributed by atoms with Crippen molar-refractivity contribution in [1.82, 2.24) is 5.32 Å². The van der Waals surface area contributed by atoms with Gasteiger partial charge in [-0.15, -0.1) is 0 Å². The minimum absolute atomic E-state index is 0.185. The van der Waals surface area contributed by atoms with Crippen molar-refractivity contribution in [2.45, 2.75) is 24.8 Å². The zero-order valence-corrected chi connectivity index (χ0v) is 11.7. The maximum absolute atomic E-state index is 5.69. The van der Waals surface area contributed by atoms with Crippen molar-refractivity contribution in [2.24, 2.45) is 10.7 Å². The third-order valence-electron chi connectivity index (χ3n) is 4.06. The summed E-state index contributed by atoms with van der Waals surface area (Å²) in [4.78, 5) is 4.53.